The zero-order valence-electron chi connectivity index (χ0n) is 27.8. The highest BCUT2D eigenvalue weighted by atomic mass is 19.4. The van der Waals surface area contributed by atoms with Gasteiger partial charge in [-0.25, -0.2) is 14.9 Å². The van der Waals surface area contributed by atoms with Gasteiger partial charge < -0.3 is 30.3 Å². The van der Waals surface area contributed by atoms with Gasteiger partial charge in [0.25, 0.3) is 5.91 Å². The Balaban J connectivity index is 0.000000872. The van der Waals surface area contributed by atoms with Crippen LogP contribution in [0.5, 0.6) is 11.5 Å². The molecule has 15 heteroatoms. The largest absolute Gasteiger partial charge is 0.508 e. The third kappa shape index (κ3) is 11.6. The minimum atomic E-state index is -5.08. The minimum absolute atomic E-state index is 0.0939. The molecule has 1 aliphatic heterocycles. The number of esters is 1. The highest BCUT2D eigenvalue weighted by Gasteiger charge is 2.40. The van der Waals surface area contributed by atoms with Crippen LogP contribution in [0.2, 0.25) is 0 Å². The number of phenolic OH excluding ortho intramolecular Hbond substituents is 2. The van der Waals surface area contributed by atoms with Crippen molar-refractivity contribution >= 4 is 35.3 Å². The van der Waals surface area contributed by atoms with Crippen LogP contribution in [0.25, 0.3) is 0 Å². The molecule has 12 nitrogen and oxygen atoms in total. The predicted molar refractivity (Wildman–Crippen MR) is 177 cm³/mol. The van der Waals surface area contributed by atoms with Gasteiger partial charge in [0.15, 0.2) is 6.04 Å². The molecular formula is C35H41F3N4O8+2. The van der Waals surface area contributed by atoms with E-state index in [2.05, 4.69) is 12.4 Å². The number of urea groups is 1. The lowest BCUT2D eigenvalue weighted by Crippen LogP contribution is -2.56. The molecule has 1 fully saturated rings. The zero-order valence-corrected chi connectivity index (χ0v) is 27.8. The number of anilines is 1. The number of carbonyl (C=O) groups is 4. The first-order chi connectivity index (χ1) is 23.4. The molecule has 50 heavy (non-hydrogen) atoms. The summed E-state index contributed by atoms with van der Waals surface area (Å²) in [7, 11) is 2.09. The molecule has 1 saturated heterocycles. The number of likely N-dealkylation sites (tertiary alicyclic amines) is 1. The number of halogens is 3. The van der Waals surface area contributed by atoms with E-state index in [0.29, 0.717) is 35.2 Å². The van der Waals surface area contributed by atoms with E-state index in [1.807, 2.05) is 6.07 Å². The second kappa shape index (κ2) is 16.8. The molecular weight excluding hydrogens is 661 g/mol. The fourth-order valence-corrected chi connectivity index (χ4v) is 5.53. The summed E-state index contributed by atoms with van der Waals surface area (Å²) in [6.07, 6.45) is -3.81. The lowest BCUT2D eigenvalue weighted by Gasteiger charge is -2.38. The van der Waals surface area contributed by atoms with Gasteiger partial charge in [-0.05, 0) is 67.9 Å². The number of aliphatic carboxylic acids is 1. The van der Waals surface area contributed by atoms with Crippen molar-refractivity contribution in [3.05, 3.63) is 89.5 Å². The highest BCUT2D eigenvalue weighted by molar-refractivity contribution is 5.95. The number of carboxylic acid groups (broad SMARTS) is 1. The monoisotopic (exact) mass is 702 g/mol. The summed E-state index contributed by atoms with van der Waals surface area (Å²) in [4.78, 5) is 48.1. The molecule has 1 unspecified atom stereocenters. The maximum Gasteiger partial charge on any atom is 0.496 e. The van der Waals surface area contributed by atoms with Gasteiger partial charge in [-0.1, -0.05) is 24.3 Å². The number of hydrogen-bond donors (Lipinski definition) is 5. The maximum atomic E-state index is 14.0. The third-order valence-electron chi connectivity index (χ3n) is 7.72. The van der Waals surface area contributed by atoms with Crippen LogP contribution in [-0.2, 0) is 27.3 Å². The van der Waals surface area contributed by atoms with Crippen LogP contribution in [0.1, 0.15) is 48.2 Å². The summed E-state index contributed by atoms with van der Waals surface area (Å²) in [6, 6.07) is 18.4. The van der Waals surface area contributed by atoms with Gasteiger partial charge in [-0.15, -0.1) is 0 Å². The quantitative estimate of drug-likeness (QED) is 0.120. The van der Waals surface area contributed by atoms with E-state index in [-0.39, 0.29) is 24.0 Å². The fraction of sp³-hybridized carbons (Fsp3) is 0.343. The third-order valence-corrected chi connectivity index (χ3v) is 7.72. The number of amides is 3. The van der Waals surface area contributed by atoms with Crippen LogP contribution in [0.3, 0.4) is 0 Å². The first kappa shape index (κ1) is 39.0. The van der Waals surface area contributed by atoms with E-state index in [9.17, 15) is 37.8 Å². The average Bonchev–Trinajstić information content (AvgIpc) is 3.01. The topological polar surface area (TPSA) is 179 Å². The molecule has 268 valence electrons. The number of nitrogens with zero attached hydrogens (tertiary/aromatic N) is 2. The number of aromatic hydroxyl groups is 2. The lowest BCUT2D eigenvalue weighted by molar-refractivity contribution is -0.918. The first-order valence-electron chi connectivity index (χ1n) is 15.6. The number of nitrogens with two attached hydrogens (primary N) is 1. The summed E-state index contributed by atoms with van der Waals surface area (Å²) in [5.74, 6) is -3.59. The molecule has 4 rings (SSSR count). The van der Waals surface area contributed by atoms with Crippen molar-refractivity contribution in [2.24, 2.45) is 5.73 Å². The molecule has 1 heterocycles. The van der Waals surface area contributed by atoms with Gasteiger partial charge in [0.1, 0.15) is 36.0 Å². The number of ether oxygens (including phenoxy) is 1. The van der Waals surface area contributed by atoms with Crippen molar-refractivity contribution in [1.29, 1.82) is 0 Å². The van der Waals surface area contributed by atoms with E-state index in [1.165, 1.54) is 16.7 Å². The van der Waals surface area contributed by atoms with E-state index in [4.69, 9.17) is 20.4 Å². The Morgan fingerprint density at radius 1 is 0.960 bits per heavy atom. The molecule has 2 atom stereocenters. The van der Waals surface area contributed by atoms with Crippen LogP contribution >= 0.6 is 0 Å². The van der Waals surface area contributed by atoms with Crippen LogP contribution in [0.4, 0.5) is 23.7 Å². The number of carbonyl (C=O) groups excluding carboxylic acids is 3. The Bertz CT molecular complexity index is 1710. The lowest BCUT2D eigenvalue weighted by atomic mass is 10.0. The first-order valence-corrected chi connectivity index (χ1v) is 15.6. The normalized spacial score (nSPS) is 17.5. The second-order valence-electron chi connectivity index (χ2n) is 12.4. The summed E-state index contributed by atoms with van der Waals surface area (Å²) >= 11 is 0. The Morgan fingerprint density at radius 2 is 1.58 bits per heavy atom. The number of piperidine rings is 1. The molecule has 1 aliphatic rings. The molecule has 0 saturated carbocycles. The number of benzene rings is 3. The Labute approximate surface area is 286 Å². The summed E-state index contributed by atoms with van der Waals surface area (Å²) in [6.45, 7) is 5.50. The number of phenols is 2. The number of quaternary nitrogens is 1. The molecule has 6 N–H and O–H groups in total. The van der Waals surface area contributed by atoms with Crippen molar-refractivity contribution in [2.75, 3.05) is 25.5 Å². The molecule has 0 aliphatic carbocycles. The van der Waals surface area contributed by atoms with Gasteiger partial charge in [0, 0.05) is 24.8 Å². The van der Waals surface area contributed by atoms with E-state index in [1.54, 1.807) is 68.4 Å². The molecule has 0 bridgehead atoms. The van der Waals surface area contributed by atoms with Gasteiger partial charge >= 0.3 is 24.1 Å². The molecule has 0 spiro atoms. The van der Waals surface area contributed by atoms with Crippen LogP contribution < -0.4 is 11.1 Å². The Kier molecular flexibility index (Phi) is 13.1. The average molecular weight is 703 g/mol. The van der Waals surface area contributed by atoms with Crippen LogP contribution in [-0.4, -0.2) is 92.4 Å². The number of rotatable bonds is 9. The number of primary amides is 1. The van der Waals surface area contributed by atoms with Crippen molar-refractivity contribution in [3.63, 3.8) is 0 Å². The predicted octanol–water partition coefficient (Wildman–Crippen LogP) is 4.82. The summed E-state index contributed by atoms with van der Waals surface area (Å²) in [5, 5.41) is 29.7. The summed E-state index contributed by atoms with van der Waals surface area (Å²) in [5.41, 5.74) is 9.21. The zero-order chi connectivity index (χ0) is 37.2. The molecule has 3 amide bonds. The van der Waals surface area contributed by atoms with Crippen LogP contribution in [0.15, 0.2) is 72.8 Å². The summed E-state index contributed by atoms with van der Waals surface area (Å²) < 4.78 is 39.0. The number of nitrogens with one attached hydrogen (secondary N) is 1. The number of alkyl halides is 3. The number of hydrogen-bond acceptors (Lipinski definition) is 7. The van der Waals surface area contributed by atoms with E-state index < -0.39 is 36.1 Å². The van der Waals surface area contributed by atoms with Gasteiger partial charge in [0.05, 0.1) is 25.3 Å². The minimum Gasteiger partial charge on any atom is -0.508 e. The fourth-order valence-electron chi connectivity index (χ4n) is 5.53. The van der Waals surface area contributed by atoms with Crippen LogP contribution in [0, 0.1) is 0 Å². The second-order valence-corrected chi connectivity index (χ2v) is 12.4. The van der Waals surface area contributed by atoms with E-state index in [0.717, 1.165) is 29.8 Å². The smallest absolute Gasteiger partial charge is 0.496 e. The Hall–Kier alpha value is -5.44. The van der Waals surface area contributed by atoms with Crippen molar-refractivity contribution in [3.8, 4) is 11.5 Å². The highest BCUT2D eigenvalue weighted by Crippen LogP contribution is 2.23. The van der Waals surface area contributed by atoms with Gasteiger partial charge in [0.2, 0.25) is 0 Å². The van der Waals surface area contributed by atoms with Crippen molar-refractivity contribution in [1.82, 2.24) is 0 Å². The van der Waals surface area contributed by atoms with Crippen molar-refractivity contribution < 1.29 is 61.5 Å². The standard InChI is InChI=1S/C33H38N4O6.C2HF3O2/c1-22(2)43-32(41)25-11-13-26(14-12-25)35-33(42)36(30(31(34)40)19-23-9-15-28(38)16-10-23)27-7-5-17-37(3,21-27)20-24-6-4-8-29(39)18-24;3-2(4,5)1(6)7/h4,6,8-16,18,22,30H,5,7,17,19-21H2,1-3H3,(H3-2,34,35,38,39,40,41,42);(H,6,7)/p+2/b36-27+;/t30-,37?;/m0./s1. The molecule has 0 radical (unpaired) electrons. The van der Waals surface area contributed by atoms with Gasteiger partial charge in [-0.3, -0.25) is 4.79 Å². The maximum absolute atomic E-state index is 14.0. The molecule has 3 aromatic rings. The SMILES string of the molecule is CC(C)OC(=O)c1ccc(NC(=O)/[N+](=C2\CCC[N+](C)(Cc3cccc(O)c3)C2)[C@@H](Cc2ccc(O)cc2)C(N)=O)cc1.O=C(O)C(F)(F)F. The van der Waals surface area contributed by atoms with E-state index >= 15 is 0 Å². The van der Waals surface area contributed by atoms with Gasteiger partial charge in [-0.2, -0.15) is 22.5 Å². The molecule has 0 aromatic heterocycles. The number of carboxylic acids is 1. The Morgan fingerprint density at radius 3 is 2.12 bits per heavy atom. The van der Waals surface area contributed by atoms with Crippen molar-refractivity contribution in [2.45, 2.75) is 58.0 Å². The molecule has 3 aromatic carbocycles.